The molecule has 2 aliphatic heterocycles. The van der Waals surface area contributed by atoms with Crippen LogP contribution in [0, 0.1) is 5.92 Å². The van der Waals surface area contributed by atoms with E-state index in [0.717, 1.165) is 24.2 Å². The Bertz CT molecular complexity index is 844. The molecule has 3 atom stereocenters. The van der Waals surface area contributed by atoms with Crippen molar-refractivity contribution >= 4 is 23.2 Å². The zero-order valence-corrected chi connectivity index (χ0v) is 16.3. The maximum Gasteiger partial charge on any atom is 0.319 e. The van der Waals surface area contributed by atoms with Gasteiger partial charge in [-0.05, 0) is 54.5 Å². The van der Waals surface area contributed by atoms with Crippen LogP contribution in [0.25, 0.3) is 0 Å². The van der Waals surface area contributed by atoms with Gasteiger partial charge in [0.25, 0.3) is 0 Å². The molecule has 0 unspecified atom stereocenters. The molecule has 4 rings (SSSR count). The smallest absolute Gasteiger partial charge is 0.319 e. The largest absolute Gasteiger partial charge is 0.497 e. The molecule has 1 aromatic heterocycles. The fraction of sp³-hybridized carbons (Fsp3) is 0.429. The number of carbonyl (C=O) groups excluding carboxylic acids is 2. The molecular weight excluding hydrogens is 362 g/mol. The zero-order chi connectivity index (χ0) is 19.0. The van der Waals surface area contributed by atoms with E-state index in [1.54, 1.807) is 25.4 Å². The number of thiophene rings is 1. The van der Waals surface area contributed by atoms with Gasteiger partial charge in [0, 0.05) is 17.3 Å². The molecule has 0 radical (unpaired) electrons. The van der Waals surface area contributed by atoms with Crippen molar-refractivity contribution in [3.63, 3.8) is 0 Å². The predicted molar refractivity (Wildman–Crippen MR) is 103 cm³/mol. The van der Waals surface area contributed by atoms with Gasteiger partial charge in [-0.25, -0.2) is 0 Å². The minimum atomic E-state index is -0.783. The van der Waals surface area contributed by atoms with Gasteiger partial charge in [-0.3, -0.25) is 9.59 Å². The summed E-state index contributed by atoms with van der Waals surface area (Å²) >= 11 is 1.75. The summed E-state index contributed by atoms with van der Waals surface area (Å²) in [6.07, 6.45) is 1.59. The molecule has 3 heterocycles. The van der Waals surface area contributed by atoms with Crippen molar-refractivity contribution in [2.45, 2.75) is 31.7 Å². The summed E-state index contributed by atoms with van der Waals surface area (Å²) in [7, 11) is 1.62. The molecule has 0 aliphatic carbocycles. The van der Waals surface area contributed by atoms with E-state index in [9.17, 15) is 9.59 Å². The van der Waals surface area contributed by atoms with Crippen molar-refractivity contribution in [3.05, 3.63) is 51.7 Å². The van der Waals surface area contributed by atoms with E-state index in [0.29, 0.717) is 6.54 Å². The first kappa shape index (κ1) is 18.0. The lowest BCUT2D eigenvalue weighted by Crippen LogP contribution is -2.51. The number of amides is 1. The van der Waals surface area contributed by atoms with Crippen LogP contribution in [-0.2, 0) is 20.7 Å². The number of hydrogen-bond donors (Lipinski definition) is 0. The Morgan fingerprint density at radius 1 is 1.26 bits per heavy atom. The predicted octanol–water partition coefficient (Wildman–Crippen LogP) is 3.55. The molecule has 27 heavy (non-hydrogen) atoms. The molecule has 5 nitrogen and oxygen atoms in total. The average molecular weight is 385 g/mol. The van der Waals surface area contributed by atoms with Gasteiger partial charge in [0.1, 0.15) is 11.7 Å². The molecule has 1 saturated heterocycles. The van der Waals surface area contributed by atoms with Crippen LogP contribution in [-0.4, -0.2) is 37.0 Å². The number of fused-ring (bicyclic) bond motifs is 3. The SMILES string of the molecule is CCOC(=O)[C@@H]1C(=O)N2CCc3sccc3[C@H]2C[C@H]1c1ccc(OC)cc1. The van der Waals surface area contributed by atoms with Crippen molar-refractivity contribution in [1.82, 2.24) is 4.90 Å². The lowest BCUT2D eigenvalue weighted by atomic mass is 9.74. The summed E-state index contributed by atoms with van der Waals surface area (Å²) in [6, 6.07) is 9.83. The second-order valence-electron chi connectivity index (χ2n) is 6.94. The first-order valence-corrected chi connectivity index (χ1v) is 10.2. The van der Waals surface area contributed by atoms with E-state index in [-0.39, 0.29) is 24.5 Å². The van der Waals surface area contributed by atoms with E-state index in [1.165, 1.54) is 10.4 Å². The number of piperidine rings is 1. The van der Waals surface area contributed by atoms with E-state index < -0.39 is 11.9 Å². The molecule has 6 heteroatoms. The summed E-state index contributed by atoms with van der Waals surface area (Å²) in [6.45, 7) is 2.72. The maximum atomic E-state index is 13.3. The molecule has 0 N–H and O–H groups in total. The summed E-state index contributed by atoms with van der Waals surface area (Å²) in [5.41, 5.74) is 2.21. The van der Waals surface area contributed by atoms with Crippen molar-refractivity contribution in [2.24, 2.45) is 5.92 Å². The maximum absolute atomic E-state index is 13.3. The third kappa shape index (κ3) is 3.12. The lowest BCUT2D eigenvalue weighted by Gasteiger charge is -2.45. The molecule has 2 aliphatic rings. The first-order valence-electron chi connectivity index (χ1n) is 9.31. The van der Waals surface area contributed by atoms with Crippen LogP contribution >= 0.6 is 11.3 Å². The van der Waals surface area contributed by atoms with Crippen LogP contribution in [0.4, 0.5) is 0 Å². The quantitative estimate of drug-likeness (QED) is 0.597. The summed E-state index contributed by atoms with van der Waals surface area (Å²) in [4.78, 5) is 29.3. The Morgan fingerprint density at radius 3 is 2.74 bits per heavy atom. The molecule has 142 valence electrons. The molecule has 1 aromatic carbocycles. The third-order valence-electron chi connectivity index (χ3n) is 5.61. The van der Waals surface area contributed by atoms with Crippen molar-refractivity contribution in [2.75, 3.05) is 20.3 Å². The number of hydrogen-bond acceptors (Lipinski definition) is 5. The van der Waals surface area contributed by atoms with Crippen molar-refractivity contribution in [1.29, 1.82) is 0 Å². The normalized spacial score (nSPS) is 24.1. The highest BCUT2D eigenvalue weighted by molar-refractivity contribution is 7.10. The van der Waals surface area contributed by atoms with Crippen LogP contribution in [0.3, 0.4) is 0 Å². The fourth-order valence-electron chi connectivity index (χ4n) is 4.32. The van der Waals surface area contributed by atoms with Gasteiger partial charge >= 0.3 is 5.97 Å². The molecule has 2 aromatic rings. The number of ether oxygens (including phenoxy) is 2. The van der Waals surface area contributed by atoms with Gasteiger partial charge in [-0.15, -0.1) is 11.3 Å². The fourth-order valence-corrected chi connectivity index (χ4v) is 5.25. The average Bonchev–Trinajstić information content (AvgIpc) is 3.17. The molecule has 0 bridgehead atoms. The monoisotopic (exact) mass is 385 g/mol. The third-order valence-corrected chi connectivity index (χ3v) is 6.60. The standard InChI is InChI=1S/C21H23NO4S/c1-3-26-21(24)19-16(13-4-6-14(25-2)7-5-13)12-17-15-9-11-27-18(15)8-10-22(17)20(19)23/h4-7,9,11,16-17,19H,3,8,10,12H2,1-2H3/t16-,17+,19-/m0/s1. The van der Waals surface area contributed by atoms with Crippen molar-refractivity contribution in [3.8, 4) is 5.75 Å². The van der Waals surface area contributed by atoms with Gasteiger partial charge in [-0.2, -0.15) is 0 Å². The van der Waals surface area contributed by atoms with Crippen LogP contribution in [0.15, 0.2) is 35.7 Å². The molecule has 0 spiro atoms. The number of nitrogens with zero attached hydrogens (tertiary/aromatic N) is 1. The summed E-state index contributed by atoms with van der Waals surface area (Å²) in [5.74, 6) is -0.752. The second kappa shape index (κ2) is 7.35. The number of rotatable bonds is 4. The van der Waals surface area contributed by atoms with Crippen LogP contribution < -0.4 is 4.74 Å². The minimum absolute atomic E-state index is 0.0327. The molecule has 0 saturated carbocycles. The number of benzene rings is 1. The van der Waals surface area contributed by atoms with Gasteiger partial charge in [0.05, 0.1) is 19.8 Å². The van der Waals surface area contributed by atoms with E-state index in [4.69, 9.17) is 9.47 Å². The second-order valence-corrected chi connectivity index (χ2v) is 7.94. The lowest BCUT2D eigenvalue weighted by molar-refractivity contribution is -0.161. The number of methoxy groups -OCH3 is 1. The topological polar surface area (TPSA) is 55.8 Å². The van der Waals surface area contributed by atoms with Gasteiger partial charge in [-0.1, -0.05) is 12.1 Å². The van der Waals surface area contributed by atoms with Gasteiger partial charge < -0.3 is 14.4 Å². The Hall–Kier alpha value is -2.34. The Balaban J connectivity index is 1.73. The van der Waals surface area contributed by atoms with E-state index >= 15 is 0 Å². The highest BCUT2D eigenvalue weighted by atomic mass is 32.1. The van der Waals surface area contributed by atoms with E-state index in [2.05, 4.69) is 11.4 Å². The summed E-state index contributed by atoms with van der Waals surface area (Å²) < 4.78 is 10.5. The highest BCUT2D eigenvalue weighted by Gasteiger charge is 2.48. The Kier molecular flexibility index (Phi) is 4.91. The Morgan fingerprint density at radius 2 is 2.04 bits per heavy atom. The van der Waals surface area contributed by atoms with Crippen molar-refractivity contribution < 1.29 is 19.1 Å². The first-order chi connectivity index (χ1) is 13.1. The van der Waals surface area contributed by atoms with Gasteiger partial charge in [0.2, 0.25) is 5.91 Å². The van der Waals surface area contributed by atoms with Crippen LogP contribution in [0.2, 0.25) is 0 Å². The number of carbonyl (C=O) groups is 2. The molecule has 1 fully saturated rings. The van der Waals surface area contributed by atoms with E-state index in [1.807, 2.05) is 29.2 Å². The van der Waals surface area contributed by atoms with Crippen LogP contribution in [0.1, 0.15) is 41.3 Å². The Labute approximate surface area is 162 Å². The minimum Gasteiger partial charge on any atom is -0.497 e. The van der Waals surface area contributed by atoms with Gasteiger partial charge in [0.15, 0.2) is 0 Å². The molecular formula is C21H23NO4S. The highest BCUT2D eigenvalue weighted by Crippen LogP contribution is 2.47. The summed E-state index contributed by atoms with van der Waals surface area (Å²) in [5, 5.41) is 2.10. The molecule has 1 amide bonds. The van der Waals surface area contributed by atoms with Crippen LogP contribution in [0.5, 0.6) is 5.75 Å². The zero-order valence-electron chi connectivity index (χ0n) is 15.5. The number of esters is 1.